The van der Waals surface area contributed by atoms with Crippen LogP contribution in [0.3, 0.4) is 0 Å². The lowest BCUT2D eigenvalue weighted by Gasteiger charge is -2.11. The summed E-state index contributed by atoms with van der Waals surface area (Å²) < 4.78 is 45.5. The third kappa shape index (κ3) is 105. The zero-order valence-corrected chi connectivity index (χ0v) is 46.8. The van der Waals surface area contributed by atoms with E-state index < -0.39 is 24.1 Å². The molecule has 2 atom stereocenters. The highest BCUT2D eigenvalue weighted by molar-refractivity contribution is 5.81. The lowest BCUT2D eigenvalue weighted by atomic mass is 10.2. The summed E-state index contributed by atoms with van der Waals surface area (Å²) in [5.74, 6) is -1.50. The second-order valence-corrected chi connectivity index (χ2v) is 15.2. The number of esters is 4. The Kier molecular flexibility index (Phi) is 95.7. The number of aliphatic hydroxyl groups excluding tert-OH is 6. The van der Waals surface area contributed by atoms with Gasteiger partial charge in [0, 0.05) is 64.6 Å². The minimum Gasteiger partial charge on any atom is -0.463 e. The molecule has 0 spiro atoms. The highest BCUT2D eigenvalue weighted by Gasteiger charge is 2.08. The molecule has 0 amide bonds. The molecule has 0 saturated heterocycles. The summed E-state index contributed by atoms with van der Waals surface area (Å²) in [7, 11) is 0. The summed E-state index contributed by atoms with van der Waals surface area (Å²) >= 11 is 0. The van der Waals surface area contributed by atoms with Gasteiger partial charge < -0.3 is 73.3 Å². The zero-order valence-electron chi connectivity index (χ0n) is 46.8. The van der Waals surface area contributed by atoms with Gasteiger partial charge in [0.2, 0.25) is 0 Å². The topological polar surface area (TPSA) is 341 Å². The van der Waals surface area contributed by atoms with Crippen molar-refractivity contribution in [2.75, 3.05) is 119 Å². The van der Waals surface area contributed by atoms with E-state index >= 15 is 0 Å². The third-order valence-corrected chi connectivity index (χ3v) is 8.39. The Labute approximate surface area is 469 Å². The summed E-state index contributed by atoms with van der Waals surface area (Å²) in [5.41, 5.74) is 0. The van der Waals surface area contributed by atoms with Crippen molar-refractivity contribution < 1.29 is 112 Å². The molecule has 460 valence electrons. The van der Waals surface area contributed by atoms with Crippen molar-refractivity contribution in [2.24, 2.45) is 0 Å². The van der Waals surface area contributed by atoms with Crippen LogP contribution in [0.2, 0.25) is 0 Å². The van der Waals surface area contributed by atoms with Crippen molar-refractivity contribution >= 4 is 49.0 Å². The highest BCUT2D eigenvalue weighted by Crippen LogP contribution is 2.04. The Balaban J connectivity index is -0.000000173. The molecule has 0 aromatic rings. The Bertz CT molecular complexity index is 1310. The molecule has 0 rings (SSSR count). The summed E-state index contributed by atoms with van der Waals surface area (Å²) in [6.45, 7) is 23.8. The van der Waals surface area contributed by atoms with Crippen molar-refractivity contribution in [3.05, 3.63) is 75.9 Å². The molecular weight excluding hydrogens is 1040 g/mol. The number of carbonyl (C=O) groups is 8. The van der Waals surface area contributed by atoms with Gasteiger partial charge in [-0.05, 0) is 75.7 Å². The molecule has 0 saturated carbocycles. The number of unbranched alkanes of at least 4 members (excludes halogenated alkanes) is 10. The van der Waals surface area contributed by atoms with Gasteiger partial charge in [0.25, 0.3) is 0 Å². The highest BCUT2D eigenvalue weighted by atomic mass is 16.6. The molecule has 0 fully saturated rings. The number of ether oxygens (including phenoxy) is 9. The van der Waals surface area contributed by atoms with E-state index in [-0.39, 0.29) is 91.2 Å². The van der Waals surface area contributed by atoms with Crippen LogP contribution >= 0.6 is 0 Å². The summed E-state index contributed by atoms with van der Waals surface area (Å²) in [4.78, 5) is 80.3. The first-order valence-electron chi connectivity index (χ1n) is 26.1. The minimum absolute atomic E-state index is 0.0876. The second-order valence-electron chi connectivity index (χ2n) is 15.2. The van der Waals surface area contributed by atoms with Gasteiger partial charge in [0.15, 0.2) is 0 Å². The van der Waals surface area contributed by atoms with E-state index in [0.717, 1.165) is 76.4 Å². The maximum atomic E-state index is 11.3. The second kappa shape index (κ2) is 86.4. The lowest BCUT2D eigenvalue weighted by Crippen LogP contribution is -2.23. The van der Waals surface area contributed by atoms with Gasteiger partial charge in [0.05, 0.1) is 52.9 Å². The van der Waals surface area contributed by atoms with Crippen molar-refractivity contribution in [3.63, 3.8) is 0 Å². The summed E-state index contributed by atoms with van der Waals surface area (Å²) in [6, 6.07) is 0. The third-order valence-electron chi connectivity index (χ3n) is 8.39. The molecule has 0 aromatic carbocycles. The first kappa shape index (κ1) is 87.4. The predicted molar refractivity (Wildman–Crippen MR) is 298 cm³/mol. The number of allylic oxidation sites excluding steroid dienone is 4. The van der Waals surface area contributed by atoms with Gasteiger partial charge in [0.1, 0.15) is 63.8 Å². The Hall–Kier alpha value is -5.44. The molecule has 0 aliphatic carbocycles. The Morgan fingerprint density at radius 1 is 0.342 bits per heavy atom. The van der Waals surface area contributed by atoms with E-state index in [1.807, 2.05) is 0 Å². The fourth-order valence-electron chi connectivity index (χ4n) is 4.62. The normalized spacial score (nSPS) is 10.2. The number of hydrogen-bond donors (Lipinski definition) is 6. The molecule has 0 aliphatic heterocycles. The summed E-state index contributed by atoms with van der Waals surface area (Å²) in [6.07, 6.45) is 21.0. The van der Waals surface area contributed by atoms with Gasteiger partial charge in [-0.3, -0.25) is 28.8 Å². The number of aliphatic hydroxyl groups is 6. The monoisotopic (exact) mass is 1140 g/mol. The van der Waals surface area contributed by atoms with E-state index in [4.69, 9.17) is 82.6 Å². The van der Waals surface area contributed by atoms with Crippen LogP contribution in [0.1, 0.15) is 103 Å². The molecular formula is C56H98O23. The van der Waals surface area contributed by atoms with Crippen molar-refractivity contribution in [1.29, 1.82) is 0 Å². The maximum Gasteiger partial charge on any atom is 0.330 e. The minimum atomic E-state index is -0.824. The van der Waals surface area contributed by atoms with Gasteiger partial charge >= 0.3 is 23.9 Å². The Morgan fingerprint density at radius 3 is 1.00 bits per heavy atom. The molecule has 0 radical (unpaired) electrons. The van der Waals surface area contributed by atoms with Gasteiger partial charge in [-0.25, -0.2) is 9.59 Å². The van der Waals surface area contributed by atoms with Gasteiger partial charge in [-0.2, -0.15) is 0 Å². The van der Waals surface area contributed by atoms with Crippen LogP contribution < -0.4 is 0 Å². The van der Waals surface area contributed by atoms with Crippen LogP contribution in [0, 0.1) is 0 Å². The molecule has 23 nitrogen and oxygen atoms in total. The van der Waals surface area contributed by atoms with Crippen molar-refractivity contribution in [3.8, 4) is 0 Å². The molecule has 2 unspecified atom stereocenters. The van der Waals surface area contributed by atoms with Crippen LogP contribution in [0.4, 0.5) is 0 Å². The molecule has 23 heteroatoms. The summed E-state index contributed by atoms with van der Waals surface area (Å²) in [5, 5.41) is 52.8. The number of rotatable bonds is 48. The van der Waals surface area contributed by atoms with Gasteiger partial charge in [-0.1, -0.05) is 78.0 Å². The number of aldehydes is 4. The first-order chi connectivity index (χ1) is 38.3. The zero-order chi connectivity index (χ0) is 60.9. The van der Waals surface area contributed by atoms with Gasteiger partial charge in [-0.15, -0.1) is 0 Å². The van der Waals surface area contributed by atoms with Crippen LogP contribution in [0.15, 0.2) is 75.9 Å². The SMILES string of the molecule is C=CC(=O)OCC(O)COCCCCCCOCC(O)CO.C=CC(=O)OCCOCCCCCCOCCO.C=CC=O.C=CC=O.C=CC=O.C=CC=O.O=C(CCCCCO)OCCOCCOC(=O)CCCCCO. The molecule has 0 aliphatic rings. The van der Waals surface area contributed by atoms with Crippen LogP contribution in [-0.2, 0) is 81.0 Å². The average Bonchev–Trinajstić information content (AvgIpc) is 3.47. The van der Waals surface area contributed by atoms with Crippen molar-refractivity contribution in [2.45, 2.75) is 115 Å². The van der Waals surface area contributed by atoms with E-state index in [9.17, 15) is 24.3 Å². The van der Waals surface area contributed by atoms with E-state index in [1.165, 1.54) is 24.3 Å². The fourth-order valence-corrected chi connectivity index (χ4v) is 4.62. The lowest BCUT2D eigenvalue weighted by molar-refractivity contribution is -0.147. The quantitative estimate of drug-likeness (QED) is 0.0165. The van der Waals surface area contributed by atoms with E-state index in [1.54, 1.807) is 0 Å². The molecule has 0 aromatic heterocycles. The average molecular weight is 1140 g/mol. The maximum absolute atomic E-state index is 11.3. The van der Waals surface area contributed by atoms with Crippen LogP contribution in [0.25, 0.3) is 0 Å². The molecule has 6 N–H and O–H groups in total. The Morgan fingerprint density at radius 2 is 0.658 bits per heavy atom. The van der Waals surface area contributed by atoms with E-state index in [2.05, 4.69) is 44.2 Å². The largest absolute Gasteiger partial charge is 0.463 e. The number of carbonyl (C=O) groups excluding carboxylic acids is 8. The molecule has 79 heavy (non-hydrogen) atoms. The van der Waals surface area contributed by atoms with Crippen LogP contribution in [0.5, 0.6) is 0 Å². The van der Waals surface area contributed by atoms with Crippen LogP contribution in [-0.4, -0.2) is 211 Å². The van der Waals surface area contributed by atoms with Crippen molar-refractivity contribution in [1.82, 2.24) is 0 Å². The smallest absolute Gasteiger partial charge is 0.330 e. The first-order valence-corrected chi connectivity index (χ1v) is 26.1. The fraction of sp³-hybridized carbons (Fsp3) is 0.643. The van der Waals surface area contributed by atoms with E-state index in [0.29, 0.717) is 103 Å². The molecule has 0 heterocycles. The molecule has 0 bridgehead atoms. The standard InChI is InChI=1S/C16H30O7.C15H28O7.C13H24O5.4C3H4O/c17-9-5-1-3-7-15(19)22-13-11-21-12-14-23-16(20)8-4-2-6-10-18;1-2-15(19)22-12-14(18)11-21-8-6-4-3-5-7-20-10-13(17)9-16;1-2-13(15)18-12-11-17-9-6-4-3-5-8-16-10-7-14;4*1-2-3-4/h17-18H,1-14H2;2,13-14,16-18H,1,3-12H2;2,14H,1,3-12H2;4*2-3H,1H2. The predicted octanol–water partition coefficient (Wildman–Crippen LogP) is 4.00. The number of hydrogen-bond acceptors (Lipinski definition) is 23.